The molecule has 1 heterocycles. The molecule has 25 heavy (non-hydrogen) atoms. The third kappa shape index (κ3) is 7.16. The van der Waals surface area contributed by atoms with E-state index in [1.54, 1.807) is 6.92 Å². The molecule has 2 N–H and O–H groups in total. The van der Waals surface area contributed by atoms with Crippen molar-refractivity contribution in [2.45, 2.75) is 26.1 Å². The number of aromatic nitrogens is 1. The Bertz CT molecular complexity index is 673. The second-order valence-corrected chi connectivity index (χ2v) is 8.36. The minimum absolute atomic E-state index is 0.0495. The van der Waals surface area contributed by atoms with Gasteiger partial charge in [0.25, 0.3) is 0 Å². The standard InChI is InChI=1S/C13H22F3N5O2S2/c1-4-25(22,23)21(3)7-5-6-18-12(17-2)19-8-11-20-10(9-24-11)13(14,15)16/h9H,4-8H2,1-3H3,(H2,17,18,19). The van der Waals surface area contributed by atoms with Gasteiger partial charge in [-0.2, -0.15) is 13.2 Å². The molecule has 0 fully saturated rings. The molecule has 0 unspecified atom stereocenters. The second kappa shape index (κ2) is 9.34. The first-order chi connectivity index (χ1) is 11.6. The number of guanidine groups is 1. The summed E-state index contributed by atoms with van der Waals surface area (Å²) >= 11 is 0.917. The molecule has 1 aromatic rings. The molecular weight excluding hydrogens is 379 g/mol. The second-order valence-electron chi connectivity index (χ2n) is 5.05. The Labute approximate surface area is 149 Å². The van der Waals surface area contributed by atoms with Crippen LogP contribution in [-0.2, 0) is 22.7 Å². The molecule has 0 spiro atoms. The van der Waals surface area contributed by atoms with Crippen LogP contribution in [0.1, 0.15) is 24.0 Å². The van der Waals surface area contributed by atoms with Crippen LogP contribution in [0.15, 0.2) is 10.4 Å². The van der Waals surface area contributed by atoms with Crippen molar-refractivity contribution < 1.29 is 21.6 Å². The zero-order chi connectivity index (χ0) is 19.1. The van der Waals surface area contributed by atoms with E-state index < -0.39 is 21.9 Å². The summed E-state index contributed by atoms with van der Waals surface area (Å²) in [6, 6.07) is 0. The van der Waals surface area contributed by atoms with Gasteiger partial charge in [-0.05, 0) is 13.3 Å². The molecule has 0 amide bonds. The van der Waals surface area contributed by atoms with Gasteiger partial charge in [0.2, 0.25) is 10.0 Å². The monoisotopic (exact) mass is 401 g/mol. The third-order valence-corrected chi connectivity index (χ3v) is 5.97. The van der Waals surface area contributed by atoms with E-state index in [1.165, 1.54) is 18.4 Å². The average Bonchev–Trinajstić information content (AvgIpc) is 3.03. The molecule has 0 bridgehead atoms. The van der Waals surface area contributed by atoms with Crippen molar-refractivity contribution in [3.05, 3.63) is 16.1 Å². The molecule has 0 atom stereocenters. The first-order valence-electron chi connectivity index (χ1n) is 7.50. The lowest BCUT2D eigenvalue weighted by Gasteiger charge is -2.16. The fourth-order valence-corrected chi connectivity index (χ4v) is 3.36. The van der Waals surface area contributed by atoms with Gasteiger partial charge >= 0.3 is 6.18 Å². The van der Waals surface area contributed by atoms with Crippen molar-refractivity contribution in [2.75, 3.05) is 32.9 Å². The van der Waals surface area contributed by atoms with Crippen molar-refractivity contribution in [2.24, 2.45) is 4.99 Å². The number of aliphatic imine (C=N–C) groups is 1. The normalized spacial score (nSPS) is 13.3. The summed E-state index contributed by atoms with van der Waals surface area (Å²) in [7, 11) is -0.145. The number of hydrogen-bond acceptors (Lipinski definition) is 5. The Kier molecular flexibility index (Phi) is 8.09. The van der Waals surface area contributed by atoms with E-state index in [2.05, 4.69) is 20.6 Å². The van der Waals surface area contributed by atoms with E-state index in [4.69, 9.17) is 0 Å². The van der Waals surface area contributed by atoms with Gasteiger partial charge in [0.15, 0.2) is 11.7 Å². The smallest absolute Gasteiger partial charge is 0.356 e. The molecule has 0 aromatic carbocycles. The molecule has 0 aliphatic rings. The zero-order valence-electron chi connectivity index (χ0n) is 14.2. The van der Waals surface area contributed by atoms with Gasteiger partial charge in [-0.25, -0.2) is 17.7 Å². The van der Waals surface area contributed by atoms with Crippen LogP contribution in [0.2, 0.25) is 0 Å². The Morgan fingerprint density at radius 2 is 2.08 bits per heavy atom. The number of nitrogens with zero attached hydrogens (tertiary/aromatic N) is 3. The highest BCUT2D eigenvalue weighted by atomic mass is 32.2. The summed E-state index contributed by atoms with van der Waals surface area (Å²) < 4.78 is 62.0. The van der Waals surface area contributed by atoms with Gasteiger partial charge in [0, 0.05) is 32.6 Å². The maximum absolute atomic E-state index is 12.5. The first-order valence-corrected chi connectivity index (χ1v) is 9.99. The van der Waals surface area contributed by atoms with Crippen molar-refractivity contribution in [1.29, 1.82) is 0 Å². The molecule has 0 saturated heterocycles. The lowest BCUT2D eigenvalue weighted by atomic mass is 10.4. The lowest BCUT2D eigenvalue weighted by molar-refractivity contribution is -0.140. The van der Waals surface area contributed by atoms with Crippen molar-refractivity contribution in [3.8, 4) is 0 Å². The van der Waals surface area contributed by atoms with Gasteiger partial charge in [-0.3, -0.25) is 4.99 Å². The molecule has 12 heteroatoms. The predicted molar refractivity (Wildman–Crippen MR) is 92.0 cm³/mol. The molecule has 7 nitrogen and oxygen atoms in total. The first kappa shape index (κ1) is 21.6. The highest BCUT2D eigenvalue weighted by Crippen LogP contribution is 2.29. The summed E-state index contributed by atoms with van der Waals surface area (Å²) in [6.07, 6.45) is -3.88. The van der Waals surface area contributed by atoms with E-state index in [0.29, 0.717) is 30.5 Å². The van der Waals surface area contributed by atoms with Crippen LogP contribution in [0, 0.1) is 0 Å². The summed E-state index contributed by atoms with van der Waals surface area (Å²) in [5.41, 5.74) is -0.905. The fraction of sp³-hybridized carbons (Fsp3) is 0.692. The molecule has 0 radical (unpaired) electrons. The maximum Gasteiger partial charge on any atom is 0.434 e. The fourth-order valence-electron chi connectivity index (χ4n) is 1.77. The molecular formula is C13H22F3N5O2S2. The molecule has 0 aliphatic heterocycles. The van der Waals surface area contributed by atoms with Crippen LogP contribution in [-0.4, -0.2) is 56.6 Å². The lowest BCUT2D eigenvalue weighted by Crippen LogP contribution is -2.38. The molecule has 0 aliphatic carbocycles. The van der Waals surface area contributed by atoms with Gasteiger partial charge in [0.05, 0.1) is 12.3 Å². The summed E-state index contributed by atoms with van der Waals surface area (Å²) in [5.74, 6) is 0.457. The Hall–Kier alpha value is -1.40. The van der Waals surface area contributed by atoms with E-state index in [0.717, 1.165) is 16.7 Å². The van der Waals surface area contributed by atoms with Gasteiger partial charge in [-0.1, -0.05) is 0 Å². The van der Waals surface area contributed by atoms with Crippen molar-refractivity contribution in [3.63, 3.8) is 0 Å². The maximum atomic E-state index is 12.5. The van der Waals surface area contributed by atoms with Crippen LogP contribution in [0.25, 0.3) is 0 Å². The largest absolute Gasteiger partial charge is 0.434 e. The molecule has 144 valence electrons. The molecule has 0 saturated carbocycles. The topological polar surface area (TPSA) is 86.7 Å². The van der Waals surface area contributed by atoms with Crippen LogP contribution < -0.4 is 10.6 Å². The predicted octanol–water partition coefficient (Wildman–Crippen LogP) is 1.50. The Morgan fingerprint density at radius 3 is 2.60 bits per heavy atom. The quantitative estimate of drug-likeness (QED) is 0.392. The van der Waals surface area contributed by atoms with E-state index in [9.17, 15) is 21.6 Å². The minimum atomic E-state index is -4.44. The number of alkyl halides is 3. The van der Waals surface area contributed by atoms with Crippen molar-refractivity contribution in [1.82, 2.24) is 19.9 Å². The summed E-state index contributed by atoms with van der Waals surface area (Å²) in [5, 5.41) is 7.11. The number of sulfonamides is 1. The van der Waals surface area contributed by atoms with E-state index in [-0.39, 0.29) is 12.3 Å². The third-order valence-electron chi connectivity index (χ3n) is 3.25. The minimum Gasteiger partial charge on any atom is -0.356 e. The summed E-state index contributed by atoms with van der Waals surface area (Å²) in [4.78, 5) is 7.48. The Morgan fingerprint density at radius 1 is 1.40 bits per heavy atom. The Balaban J connectivity index is 2.37. The van der Waals surface area contributed by atoms with Crippen LogP contribution in [0.4, 0.5) is 13.2 Å². The van der Waals surface area contributed by atoms with E-state index in [1.807, 2.05) is 0 Å². The zero-order valence-corrected chi connectivity index (χ0v) is 15.9. The SMILES string of the molecule is CCS(=O)(=O)N(C)CCCNC(=NC)NCc1nc(C(F)(F)F)cs1. The van der Waals surface area contributed by atoms with Crippen LogP contribution in [0.3, 0.4) is 0 Å². The van der Waals surface area contributed by atoms with Gasteiger partial charge < -0.3 is 10.6 Å². The van der Waals surface area contributed by atoms with Gasteiger partial charge in [0.1, 0.15) is 5.01 Å². The summed E-state index contributed by atoms with van der Waals surface area (Å²) in [6.45, 7) is 2.53. The average molecular weight is 401 g/mol. The molecule has 1 aromatic heterocycles. The van der Waals surface area contributed by atoms with Crippen LogP contribution in [0.5, 0.6) is 0 Å². The van der Waals surface area contributed by atoms with Crippen LogP contribution >= 0.6 is 11.3 Å². The van der Waals surface area contributed by atoms with Gasteiger partial charge in [-0.15, -0.1) is 11.3 Å². The number of halogens is 3. The highest BCUT2D eigenvalue weighted by Gasteiger charge is 2.33. The molecule has 1 rings (SSSR count). The van der Waals surface area contributed by atoms with Crippen molar-refractivity contribution >= 4 is 27.3 Å². The van der Waals surface area contributed by atoms with E-state index >= 15 is 0 Å². The number of thiazole rings is 1. The number of hydrogen-bond donors (Lipinski definition) is 2. The number of rotatable bonds is 8. The highest BCUT2D eigenvalue weighted by molar-refractivity contribution is 7.89. The number of nitrogens with one attached hydrogen (secondary N) is 2.